The molecule has 2 aliphatic rings. The highest BCUT2D eigenvalue weighted by Crippen LogP contribution is 2.35. The summed E-state index contributed by atoms with van der Waals surface area (Å²) in [7, 11) is -3.37. The van der Waals surface area contributed by atoms with Gasteiger partial charge in [0.05, 0.1) is 21.4 Å². The second-order valence-corrected chi connectivity index (χ2v) is 3.83. The molecule has 1 saturated heterocycles. The molecule has 108 valence electrons. The zero-order valence-corrected chi connectivity index (χ0v) is 10.0. The van der Waals surface area contributed by atoms with Crippen molar-refractivity contribution in [3.63, 3.8) is 0 Å². The number of benzene rings is 1. The van der Waals surface area contributed by atoms with Gasteiger partial charge >= 0.3 is 0 Å². The molecule has 2 fully saturated rings. The van der Waals surface area contributed by atoms with Gasteiger partial charge in [-0.3, -0.25) is 4.79 Å². The van der Waals surface area contributed by atoms with Crippen LogP contribution in [0.2, 0.25) is 0 Å². The van der Waals surface area contributed by atoms with Crippen LogP contribution in [0.25, 0.3) is 0 Å². The molecule has 0 spiro atoms. The first-order chi connectivity index (χ1) is 16.3. The molecule has 1 aliphatic heterocycles. The first kappa shape index (κ1) is 3.93. The Morgan fingerprint density at radius 1 is 1.45 bits per heavy atom. The number of amides is 1. The van der Waals surface area contributed by atoms with Crippen LogP contribution in [0, 0.1) is 0 Å². The maximum absolute atomic E-state index is 12.0. The van der Waals surface area contributed by atoms with E-state index in [-0.39, 0.29) is 0 Å². The molecule has 0 aromatic heterocycles. The molecule has 4 nitrogen and oxygen atoms in total. The Hall–Kier alpha value is -1.71. The van der Waals surface area contributed by atoms with Crippen molar-refractivity contribution in [3.05, 3.63) is 23.7 Å². The Morgan fingerprint density at radius 2 is 2.30 bits per heavy atom. The van der Waals surface area contributed by atoms with Gasteiger partial charge in [0, 0.05) is 33.9 Å². The number of rotatable bonds is 4. The fourth-order valence-corrected chi connectivity index (χ4v) is 1.64. The second-order valence-electron chi connectivity index (χ2n) is 3.83. The summed E-state index contributed by atoms with van der Waals surface area (Å²) in [5.74, 6) is -6.54. The molecule has 3 rings (SSSR count). The number of carbonyl (C=O) groups excluding carboxylic acids is 1. The van der Waals surface area contributed by atoms with Gasteiger partial charge in [0.15, 0.2) is 11.5 Å². The van der Waals surface area contributed by atoms with Crippen molar-refractivity contribution in [1.82, 2.24) is 5.32 Å². The summed E-state index contributed by atoms with van der Waals surface area (Å²) in [6.45, 7) is -0.800. The van der Waals surface area contributed by atoms with E-state index < -0.39 is 98.5 Å². The fourth-order valence-electron chi connectivity index (χ4n) is 1.64. The Kier molecular flexibility index (Phi) is 1.13. The Morgan fingerprint density at radius 3 is 3.00 bits per heavy atom. The van der Waals surface area contributed by atoms with Crippen molar-refractivity contribution in [2.24, 2.45) is 0 Å². The highest BCUT2D eigenvalue weighted by atomic mass is 16.5. The molecule has 1 aromatic carbocycles. The van der Waals surface area contributed by atoms with Crippen LogP contribution in [0.15, 0.2) is 18.1 Å². The predicted molar refractivity (Wildman–Crippen MR) is 76.2 cm³/mol. The number of hydrogen-bond acceptors (Lipinski definition) is 3. The number of methoxy groups -OCH3 is 1. The third-order valence-corrected chi connectivity index (χ3v) is 2.54. The summed E-state index contributed by atoms with van der Waals surface area (Å²) in [4.78, 5) is 12.0. The fraction of sp³-hybridized carbons (Fsp3) is 0.562. The normalized spacial score (nSPS) is 52.2. The van der Waals surface area contributed by atoms with E-state index in [2.05, 4.69) is 10.1 Å². The van der Waals surface area contributed by atoms with Crippen LogP contribution in [0.1, 0.15) is 66.6 Å². The maximum atomic E-state index is 12.0. The van der Waals surface area contributed by atoms with E-state index in [1.54, 1.807) is 0 Å². The smallest absolute Gasteiger partial charge is 0.220 e. The lowest BCUT2D eigenvalue weighted by Crippen LogP contribution is -2.14. The van der Waals surface area contributed by atoms with Gasteiger partial charge in [-0.15, -0.1) is 0 Å². The van der Waals surface area contributed by atoms with Crippen molar-refractivity contribution in [3.8, 4) is 11.5 Å². The van der Waals surface area contributed by atoms with Gasteiger partial charge in [-0.1, -0.05) is 6.04 Å². The predicted octanol–water partition coefficient (Wildman–Crippen LogP) is 2.62. The quantitative estimate of drug-likeness (QED) is 0.928. The van der Waals surface area contributed by atoms with Gasteiger partial charge in [0.2, 0.25) is 5.91 Å². The van der Waals surface area contributed by atoms with Crippen molar-refractivity contribution in [2.45, 2.75) is 43.9 Å². The van der Waals surface area contributed by atoms with E-state index in [4.69, 9.17) is 28.0 Å². The molecule has 1 atom stereocenters. The van der Waals surface area contributed by atoms with E-state index in [9.17, 15) is 4.79 Å². The molecular formula is C16H21NO3. The van der Waals surface area contributed by atoms with Gasteiger partial charge in [-0.05, 0) is 43.1 Å². The molecular weight excluding hydrogens is 254 g/mol. The van der Waals surface area contributed by atoms with Crippen molar-refractivity contribution in [2.75, 3.05) is 13.6 Å². The van der Waals surface area contributed by atoms with E-state index >= 15 is 0 Å². The number of nitrogens with one attached hydrogen (secondary N) is 1. The van der Waals surface area contributed by atoms with E-state index in [0.717, 1.165) is 0 Å². The molecule has 1 amide bonds. The first-order valence-electron chi connectivity index (χ1n) is 14.1. The summed E-state index contributed by atoms with van der Waals surface area (Å²) in [6, 6.07) is -3.52. The molecule has 1 N–H and O–H groups in total. The third kappa shape index (κ3) is 2.74. The summed E-state index contributed by atoms with van der Waals surface area (Å²) < 4.78 is 146. The van der Waals surface area contributed by atoms with E-state index in [1.165, 1.54) is 0 Å². The van der Waals surface area contributed by atoms with Crippen molar-refractivity contribution < 1.29 is 37.6 Å². The third-order valence-electron chi connectivity index (χ3n) is 2.54. The van der Waals surface area contributed by atoms with Crippen molar-refractivity contribution >= 4 is 5.91 Å². The zero-order chi connectivity index (χ0) is 28.9. The van der Waals surface area contributed by atoms with Gasteiger partial charge < -0.3 is 14.8 Å². The van der Waals surface area contributed by atoms with Crippen LogP contribution in [-0.2, 0) is 4.79 Å². The Balaban J connectivity index is 2.37. The second kappa shape index (κ2) is 5.73. The standard InChI is InChI=1S/C16H21NO3/c1-19-14-7-6-11(12-9-16(18)17-10-12)8-15(14)20-13-4-2-3-5-13/h6-8,12-13H,2-5,9-10H2,1H3,(H,17,18)/i1D3,2D2,3D2,4D2,5D2,6D,7D,8D,9D2,12D. The highest BCUT2D eigenvalue weighted by Gasteiger charge is 2.25. The first-order valence-corrected chi connectivity index (χ1v) is 5.59. The van der Waals surface area contributed by atoms with Crippen LogP contribution in [0.3, 0.4) is 0 Å². The monoisotopic (exact) mass is 292 g/mol. The maximum Gasteiger partial charge on any atom is 0.220 e. The molecule has 1 aliphatic carbocycles. The Labute approximate surface area is 143 Å². The molecule has 0 radical (unpaired) electrons. The van der Waals surface area contributed by atoms with E-state index in [1.807, 2.05) is 0 Å². The van der Waals surface area contributed by atoms with Gasteiger partial charge in [-0.2, -0.15) is 0 Å². The van der Waals surface area contributed by atoms with Crippen LogP contribution < -0.4 is 14.8 Å². The zero-order valence-electron chi connectivity index (χ0n) is 27.0. The highest BCUT2D eigenvalue weighted by molar-refractivity contribution is 5.79. The minimum absolute atomic E-state index is 0.800. The van der Waals surface area contributed by atoms with Crippen LogP contribution >= 0.6 is 0 Å². The van der Waals surface area contributed by atoms with Gasteiger partial charge in [-0.25, -0.2) is 0 Å². The minimum atomic E-state index is -3.53. The largest absolute Gasteiger partial charge is 0.493 e. The van der Waals surface area contributed by atoms with Crippen molar-refractivity contribution in [1.29, 1.82) is 0 Å². The Bertz CT molecular complexity index is 1120. The molecule has 1 saturated carbocycles. The van der Waals surface area contributed by atoms with Crippen LogP contribution in [0.5, 0.6) is 11.5 Å². The average Bonchev–Trinajstić information content (AvgIpc) is 2.96. The van der Waals surface area contributed by atoms with Crippen LogP contribution in [-0.4, -0.2) is 25.6 Å². The van der Waals surface area contributed by atoms with Crippen LogP contribution in [0.4, 0.5) is 0 Å². The molecule has 20 heavy (non-hydrogen) atoms. The lowest BCUT2D eigenvalue weighted by molar-refractivity contribution is -0.119. The SMILES string of the molecule is [2H]c1c([2H])c(C2([2H])CNC(=O)C2([2H])[2H])c([2H])c(OC2C([2H])([2H])C([2H])([2H])C([2H])([2H])C2([2H])[2H])c1OC([2H])([2H])[2H]. The number of ether oxygens (including phenoxy) is 2. The summed E-state index contributed by atoms with van der Waals surface area (Å²) in [5, 5.41) is 2.06. The summed E-state index contributed by atoms with van der Waals surface area (Å²) in [6.07, 6.45) is -19.8. The molecule has 0 bridgehead atoms. The van der Waals surface area contributed by atoms with Gasteiger partial charge in [0.25, 0.3) is 0 Å². The molecule has 1 aromatic rings. The number of hydrogen-bond donors (Lipinski definition) is 1. The molecule has 1 heterocycles. The van der Waals surface area contributed by atoms with Gasteiger partial charge in [0.1, 0.15) is 0 Å². The van der Waals surface area contributed by atoms with E-state index in [0.29, 0.717) is 0 Å². The lowest BCUT2D eigenvalue weighted by atomic mass is 9.98. The topological polar surface area (TPSA) is 47.6 Å². The lowest BCUT2D eigenvalue weighted by Gasteiger charge is -2.18. The molecule has 1 unspecified atom stereocenters. The summed E-state index contributed by atoms with van der Waals surface area (Å²) in [5.41, 5.74) is -0.973. The minimum Gasteiger partial charge on any atom is -0.493 e. The number of carbonyl (C=O) groups is 1. The summed E-state index contributed by atoms with van der Waals surface area (Å²) >= 11 is 0. The average molecular weight is 292 g/mol. The molecule has 4 heteroatoms.